The SMILES string of the molecule is CCNC(c1ccc(N(C)C)cc1)c1ccc(C)nc1. The van der Waals surface area contributed by atoms with Gasteiger partial charge in [-0.15, -0.1) is 0 Å². The summed E-state index contributed by atoms with van der Waals surface area (Å²) in [5.74, 6) is 0. The van der Waals surface area contributed by atoms with Crippen molar-refractivity contribution in [2.75, 3.05) is 25.5 Å². The number of aryl methyl sites for hydroxylation is 1. The number of nitrogens with one attached hydrogen (secondary N) is 1. The van der Waals surface area contributed by atoms with Crippen molar-refractivity contribution in [2.24, 2.45) is 0 Å². The summed E-state index contributed by atoms with van der Waals surface area (Å²) in [5.41, 5.74) is 4.73. The molecule has 1 aromatic heterocycles. The van der Waals surface area contributed by atoms with E-state index in [2.05, 4.69) is 72.6 Å². The van der Waals surface area contributed by atoms with Gasteiger partial charge >= 0.3 is 0 Å². The van der Waals surface area contributed by atoms with Gasteiger partial charge in [-0.05, 0) is 42.8 Å². The quantitative estimate of drug-likeness (QED) is 0.903. The molecule has 0 spiro atoms. The molecule has 0 saturated carbocycles. The van der Waals surface area contributed by atoms with E-state index >= 15 is 0 Å². The highest BCUT2D eigenvalue weighted by Gasteiger charge is 2.13. The van der Waals surface area contributed by atoms with Crippen molar-refractivity contribution in [3.05, 3.63) is 59.4 Å². The van der Waals surface area contributed by atoms with E-state index in [-0.39, 0.29) is 6.04 Å². The molecule has 0 saturated heterocycles. The summed E-state index contributed by atoms with van der Waals surface area (Å²) in [5, 5.41) is 3.53. The van der Waals surface area contributed by atoms with Gasteiger partial charge in [-0.2, -0.15) is 0 Å². The van der Waals surface area contributed by atoms with Crippen molar-refractivity contribution in [3.63, 3.8) is 0 Å². The maximum Gasteiger partial charge on any atom is 0.0591 e. The number of hydrogen-bond acceptors (Lipinski definition) is 3. The van der Waals surface area contributed by atoms with Crippen LogP contribution in [0.25, 0.3) is 0 Å². The second kappa shape index (κ2) is 6.53. The van der Waals surface area contributed by atoms with Crippen LogP contribution in [0.5, 0.6) is 0 Å². The van der Waals surface area contributed by atoms with Gasteiger partial charge in [0, 0.05) is 31.7 Å². The first-order valence-electron chi connectivity index (χ1n) is 7.05. The zero-order valence-electron chi connectivity index (χ0n) is 12.7. The number of pyridine rings is 1. The Bertz CT molecular complexity index is 529. The van der Waals surface area contributed by atoms with Gasteiger partial charge in [-0.3, -0.25) is 4.98 Å². The molecule has 0 aliphatic heterocycles. The zero-order chi connectivity index (χ0) is 14.5. The van der Waals surface area contributed by atoms with Gasteiger partial charge in [0.05, 0.1) is 6.04 Å². The Hall–Kier alpha value is -1.87. The second-order valence-electron chi connectivity index (χ2n) is 5.21. The average Bonchev–Trinajstić information content (AvgIpc) is 2.46. The molecule has 1 N–H and O–H groups in total. The lowest BCUT2D eigenvalue weighted by Crippen LogP contribution is -2.22. The summed E-state index contributed by atoms with van der Waals surface area (Å²) in [6.45, 7) is 5.06. The van der Waals surface area contributed by atoms with Crippen molar-refractivity contribution in [2.45, 2.75) is 19.9 Å². The van der Waals surface area contributed by atoms with Crippen LogP contribution in [0.4, 0.5) is 5.69 Å². The summed E-state index contributed by atoms with van der Waals surface area (Å²) < 4.78 is 0. The molecular weight excluding hydrogens is 246 g/mol. The molecule has 0 fully saturated rings. The molecule has 2 aromatic rings. The Morgan fingerprint density at radius 3 is 2.20 bits per heavy atom. The summed E-state index contributed by atoms with van der Waals surface area (Å²) in [4.78, 5) is 6.52. The van der Waals surface area contributed by atoms with Crippen molar-refractivity contribution >= 4 is 5.69 Å². The Labute approximate surface area is 121 Å². The van der Waals surface area contributed by atoms with E-state index < -0.39 is 0 Å². The molecule has 2 rings (SSSR count). The lowest BCUT2D eigenvalue weighted by atomic mass is 9.99. The van der Waals surface area contributed by atoms with Crippen molar-refractivity contribution in [3.8, 4) is 0 Å². The molecule has 1 unspecified atom stereocenters. The van der Waals surface area contributed by atoms with Crippen LogP contribution in [0.15, 0.2) is 42.6 Å². The topological polar surface area (TPSA) is 28.2 Å². The Balaban J connectivity index is 2.30. The third-order valence-electron chi connectivity index (χ3n) is 3.42. The van der Waals surface area contributed by atoms with Crippen LogP contribution < -0.4 is 10.2 Å². The number of hydrogen-bond donors (Lipinski definition) is 1. The van der Waals surface area contributed by atoms with Gasteiger partial charge in [-0.1, -0.05) is 25.1 Å². The summed E-state index contributed by atoms with van der Waals surface area (Å²) in [7, 11) is 4.11. The van der Waals surface area contributed by atoms with Crippen LogP contribution in [-0.2, 0) is 0 Å². The van der Waals surface area contributed by atoms with Crippen LogP contribution >= 0.6 is 0 Å². The maximum atomic E-state index is 4.41. The number of rotatable bonds is 5. The highest BCUT2D eigenvalue weighted by molar-refractivity contribution is 5.47. The van der Waals surface area contributed by atoms with E-state index in [9.17, 15) is 0 Å². The highest BCUT2D eigenvalue weighted by atomic mass is 15.1. The zero-order valence-corrected chi connectivity index (χ0v) is 12.7. The molecule has 1 heterocycles. The first-order chi connectivity index (χ1) is 9.61. The first kappa shape index (κ1) is 14.5. The van der Waals surface area contributed by atoms with Crippen molar-refractivity contribution < 1.29 is 0 Å². The molecule has 0 aliphatic carbocycles. The van der Waals surface area contributed by atoms with Gasteiger partial charge in [0.1, 0.15) is 0 Å². The molecule has 0 radical (unpaired) electrons. The molecule has 106 valence electrons. The third kappa shape index (κ3) is 3.36. The molecule has 20 heavy (non-hydrogen) atoms. The van der Waals surface area contributed by atoms with E-state index in [0.29, 0.717) is 0 Å². The van der Waals surface area contributed by atoms with Crippen molar-refractivity contribution in [1.82, 2.24) is 10.3 Å². The average molecular weight is 269 g/mol. The first-order valence-corrected chi connectivity index (χ1v) is 7.05. The molecule has 1 aromatic carbocycles. The van der Waals surface area contributed by atoms with Gasteiger partial charge in [-0.25, -0.2) is 0 Å². The summed E-state index contributed by atoms with van der Waals surface area (Å²) in [6.07, 6.45) is 1.96. The minimum atomic E-state index is 0.198. The van der Waals surface area contributed by atoms with Crippen molar-refractivity contribution in [1.29, 1.82) is 0 Å². The number of nitrogens with zero attached hydrogens (tertiary/aromatic N) is 2. The molecular formula is C17H23N3. The van der Waals surface area contributed by atoms with E-state index in [0.717, 1.165) is 12.2 Å². The molecule has 3 nitrogen and oxygen atoms in total. The third-order valence-corrected chi connectivity index (χ3v) is 3.42. The van der Waals surface area contributed by atoms with Gasteiger partial charge in [0.25, 0.3) is 0 Å². The monoisotopic (exact) mass is 269 g/mol. The van der Waals surface area contributed by atoms with Crippen LogP contribution in [-0.4, -0.2) is 25.6 Å². The number of benzene rings is 1. The van der Waals surface area contributed by atoms with E-state index in [1.54, 1.807) is 0 Å². The molecule has 0 aliphatic rings. The van der Waals surface area contributed by atoms with Crippen LogP contribution in [0.2, 0.25) is 0 Å². The fraction of sp³-hybridized carbons (Fsp3) is 0.353. The van der Waals surface area contributed by atoms with Gasteiger partial charge in [0.15, 0.2) is 0 Å². The Kier molecular flexibility index (Phi) is 4.74. The number of anilines is 1. The predicted octanol–water partition coefficient (Wildman–Crippen LogP) is 3.15. The van der Waals surface area contributed by atoms with E-state index in [1.165, 1.54) is 16.8 Å². The van der Waals surface area contributed by atoms with Gasteiger partial charge in [0.2, 0.25) is 0 Å². The molecule has 0 bridgehead atoms. The smallest absolute Gasteiger partial charge is 0.0591 e. The second-order valence-corrected chi connectivity index (χ2v) is 5.21. The largest absolute Gasteiger partial charge is 0.378 e. The lowest BCUT2D eigenvalue weighted by molar-refractivity contribution is 0.628. The Morgan fingerprint density at radius 2 is 1.70 bits per heavy atom. The van der Waals surface area contributed by atoms with Crippen LogP contribution in [0.3, 0.4) is 0 Å². The van der Waals surface area contributed by atoms with E-state index in [1.807, 2.05) is 13.1 Å². The van der Waals surface area contributed by atoms with Crippen LogP contribution in [0.1, 0.15) is 29.8 Å². The standard InChI is InChI=1S/C17H23N3/c1-5-18-17(15-7-6-13(2)19-12-15)14-8-10-16(11-9-14)20(3)4/h6-12,17-18H,5H2,1-4H3. The summed E-state index contributed by atoms with van der Waals surface area (Å²) >= 11 is 0. The minimum absolute atomic E-state index is 0.198. The predicted molar refractivity (Wildman–Crippen MR) is 85.3 cm³/mol. The van der Waals surface area contributed by atoms with E-state index in [4.69, 9.17) is 0 Å². The fourth-order valence-corrected chi connectivity index (χ4v) is 2.25. The molecule has 1 atom stereocenters. The van der Waals surface area contributed by atoms with Crippen LogP contribution in [0, 0.1) is 6.92 Å². The van der Waals surface area contributed by atoms with Gasteiger partial charge < -0.3 is 10.2 Å². The fourth-order valence-electron chi connectivity index (χ4n) is 2.25. The lowest BCUT2D eigenvalue weighted by Gasteiger charge is -2.20. The Morgan fingerprint density at radius 1 is 1.05 bits per heavy atom. The molecule has 0 amide bonds. The minimum Gasteiger partial charge on any atom is -0.378 e. The maximum absolute atomic E-state index is 4.41. The number of aromatic nitrogens is 1. The normalized spacial score (nSPS) is 12.2. The molecule has 3 heteroatoms. The summed E-state index contributed by atoms with van der Waals surface area (Å²) in [6, 6.07) is 13.1. The highest BCUT2D eigenvalue weighted by Crippen LogP contribution is 2.23.